The van der Waals surface area contributed by atoms with Gasteiger partial charge < -0.3 is 4.74 Å². The van der Waals surface area contributed by atoms with Gasteiger partial charge in [-0.05, 0) is 77.0 Å². The number of hydrogen-bond donors (Lipinski definition) is 0. The van der Waals surface area contributed by atoms with E-state index < -0.39 is 5.97 Å². The second kappa shape index (κ2) is 11.0. The first-order valence-electron chi connectivity index (χ1n) is 13.8. The lowest BCUT2D eigenvalue weighted by Crippen LogP contribution is -2.43. The van der Waals surface area contributed by atoms with E-state index in [2.05, 4.69) is 17.0 Å². The lowest BCUT2D eigenvalue weighted by Gasteiger charge is -2.32. The highest BCUT2D eigenvalue weighted by Crippen LogP contribution is 2.33. The maximum atomic E-state index is 13.7. The van der Waals surface area contributed by atoms with Gasteiger partial charge in [-0.1, -0.05) is 19.1 Å². The zero-order valence-corrected chi connectivity index (χ0v) is 23.3. The SMILES string of the molecule is CCOC(=O)c1cn(-c2ccc(-c3cc4ncc(C)cn4n3)cc2)nc1N(C(=O)[C@H]1CC[C@H](C)CC1)C(C)C. The molecule has 0 radical (unpaired) electrons. The van der Waals surface area contributed by atoms with Gasteiger partial charge in [0, 0.05) is 42.2 Å². The van der Waals surface area contributed by atoms with E-state index in [4.69, 9.17) is 9.84 Å². The van der Waals surface area contributed by atoms with Gasteiger partial charge in [-0.15, -0.1) is 5.10 Å². The van der Waals surface area contributed by atoms with Gasteiger partial charge in [0.05, 0.1) is 18.0 Å². The molecule has 3 heterocycles. The van der Waals surface area contributed by atoms with Gasteiger partial charge in [0.25, 0.3) is 0 Å². The minimum Gasteiger partial charge on any atom is -0.462 e. The molecule has 0 N–H and O–H groups in total. The van der Waals surface area contributed by atoms with E-state index in [1.807, 2.05) is 63.5 Å². The Balaban J connectivity index is 1.48. The van der Waals surface area contributed by atoms with Crippen molar-refractivity contribution in [2.24, 2.45) is 11.8 Å². The molecule has 1 amide bonds. The van der Waals surface area contributed by atoms with Gasteiger partial charge in [-0.2, -0.15) is 5.10 Å². The number of anilines is 1. The van der Waals surface area contributed by atoms with Gasteiger partial charge in [0.1, 0.15) is 5.56 Å². The van der Waals surface area contributed by atoms with E-state index in [-0.39, 0.29) is 30.0 Å². The van der Waals surface area contributed by atoms with Crippen LogP contribution in [0.25, 0.3) is 22.6 Å². The van der Waals surface area contributed by atoms with Crippen LogP contribution in [0.15, 0.2) is 48.9 Å². The fraction of sp³-hybridized carbons (Fsp3) is 0.433. The summed E-state index contributed by atoms with van der Waals surface area (Å²) in [6.45, 7) is 10.1. The molecule has 1 aromatic carbocycles. The summed E-state index contributed by atoms with van der Waals surface area (Å²) < 4.78 is 8.77. The molecule has 9 nitrogen and oxygen atoms in total. The fourth-order valence-electron chi connectivity index (χ4n) is 5.23. The molecule has 4 aromatic rings. The molecule has 3 aromatic heterocycles. The van der Waals surface area contributed by atoms with Crippen molar-refractivity contribution in [2.75, 3.05) is 11.5 Å². The Morgan fingerprint density at radius 2 is 1.79 bits per heavy atom. The molecule has 204 valence electrons. The highest BCUT2D eigenvalue weighted by molar-refractivity contribution is 6.02. The van der Waals surface area contributed by atoms with Crippen LogP contribution in [0.5, 0.6) is 0 Å². The average molecular weight is 529 g/mol. The van der Waals surface area contributed by atoms with Crippen LogP contribution in [-0.4, -0.2) is 48.9 Å². The Morgan fingerprint density at radius 3 is 2.46 bits per heavy atom. The van der Waals surface area contributed by atoms with E-state index in [0.29, 0.717) is 11.7 Å². The van der Waals surface area contributed by atoms with Gasteiger partial charge in [-0.25, -0.2) is 19.0 Å². The Hall–Kier alpha value is -4.01. The highest BCUT2D eigenvalue weighted by Gasteiger charge is 2.34. The van der Waals surface area contributed by atoms with E-state index in [1.165, 1.54) is 0 Å². The van der Waals surface area contributed by atoms with Gasteiger partial charge in [0.15, 0.2) is 11.5 Å². The number of ether oxygens (including phenoxy) is 1. The standard InChI is InChI=1S/C30H36N6O3/c1-6-39-30(38)25-18-34(33-28(25)36(19(2)3)29(37)23-9-7-20(4)8-10-23)24-13-11-22(12-14-24)26-15-27-31-16-21(5)17-35(27)32-26/h11-20,23H,6-10H2,1-5H3/t20-,23-. The lowest BCUT2D eigenvalue weighted by molar-refractivity contribution is -0.124. The third kappa shape index (κ3) is 5.44. The summed E-state index contributed by atoms with van der Waals surface area (Å²) in [6.07, 6.45) is 9.21. The molecule has 1 saturated carbocycles. The van der Waals surface area contributed by atoms with Gasteiger partial charge in [0.2, 0.25) is 5.91 Å². The molecule has 0 unspecified atom stereocenters. The largest absolute Gasteiger partial charge is 0.462 e. The first-order chi connectivity index (χ1) is 18.7. The van der Waals surface area contributed by atoms with Crippen molar-refractivity contribution in [1.29, 1.82) is 0 Å². The number of aromatic nitrogens is 5. The molecule has 0 atom stereocenters. The van der Waals surface area contributed by atoms with Crippen molar-refractivity contribution in [1.82, 2.24) is 24.4 Å². The van der Waals surface area contributed by atoms with Crippen LogP contribution in [0, 0.1) is 18.8 Å². The lowest BCUT2D eigenvalue weighted by atomic mass is 9.82. The Morgan fingerprint density at radius 1 is 1.08 bits per heavy atom. The molecule has 0 spiro atoms. The molecule has 9 heteroatoms. The first-order valence-corrected chi connectivity index (χ1v) is 13.8. The summed E-state index contributed by atoms with van der Waals surface area (Å²) in [5, 5.41) is 9.42. The number of fused-ring (bicyclic) bond motifs is 1. The van der Waals surface area contributed by atoms with Crippen LogP contribution in [-0.2, 0) is 9.53 Å². The van der Waals surface area contributed by atoms with Crippen molar-refractivity contribution in [3.05, 3.63) is 60.0 Å². The number of esters is 1. The number of hydrogen-bond acceptors (Lipinski definition) is 6. The van der Waals surface area contributed by atoms with Crippen LogP contribution in [0.2, 0.25) is 0 Å². The van der Waals surface area contributed by atoms with Crippen LogP contribution in [0.4, 0.5) is 5.82 Å². The van der Waals surface area contributed by atoms with E-state index in [0.717, 1.165) is 53.8 Å². The minimum atomic E-state index is -0.487. The third-order valence-electron chi connectivity index (χ3n) is 7.41. The number of amides is 1. The Labute approximate surface area is 228 Å². The van der Waals surface area contributed by atoms with Crippen molar-refractivity contribution in [2.45, 2.75) is 66.3 Å². The molecule has 0 bridgehead atoms. The summed E-state index contributed by atoms with van der Waals surface area (Å²) in [5.74, 6) is 0.460. The van der Waals surface area contributed by atoms with Crippen molar-refractivity contribution in [3.63, 3.8) is 0 Å². The molecule has 39 heavy (non-hydrogen) atoms. The van der Waals surface area contributed by atoms with Crippen LogP contribution >= 0.6 is 0 Å². The minimum absolute atomic E-state index is 0.0266. The zero-order chi connectivity index (χ0) is 27.7. The van der Waals surface area contributed by atoms with Crippen LogP contribution < -0.4 is 4.90 Å². The number of nitrogens with zero attached hydrogens (tertiary/aromatic N) is 6. The molecule has 1 fully saturated rings. The first kappa shape index (κ1) is 26.6. The van der Waals surface area contributed by atoms with Crippen LogP contribution in [0.3, 0.4) is 0 Å². The van der Waals surface area contributed by atoms with Crippen LogP contribution in [0.1, 0.15) is 69.3 Å². The predicted octanol–water partition coefficient (Wildman–Crippen LogP) is 5.63. The summed E-state index contributed by atoms with van der Waals surface area (Å²) in [4.78, 5) is 32.8. The molecule has 0 aliphatic heterocycles. The maximum absolute atomic E-state index is 13.7. The van der Waals surface area contributed by atoms with E-state index >= 15 is 0 Å². The summed E-state index contributed by atoms with van der Waals surface area (Å²) in [7, 11) is 0. The normalized spacial score (nSPS) is 17.5. The van der Waals surface area contributed by atoms with E-state index in [1.54, 1.807) is 27.2 Å². The smallest absolute Gasteiger partial charge is 0.343 e. The molecular weight excluding hydrogens is 492 g/mol. The molecule has 0 saturated heterocycles. The zero-order valence-electron chi connectivity index (χ0n) is 23.3. The van der Waals surface area contributed by atoms with Gasteiger partial charge >= 0.3 is 5.97 Å². The third-order valence-corrected chi connectivity index (χ3v) is 7.41. The van der Waals surface area contributed by atoms with Crippen molar-refractivity contribution in [3.8, 4) is 16.9 Å². The second-order valence-corrected chi connectivity index (χ2v) is 10.8. The number of aryl methyl sites for hydroxylation is 1. The Bertz CT molecular complexity index is 1480. The summed E-state index contributed by atoms with van der Waals surface area (Å²) >= 11 is 0. The number of rotatable bonds is 7. The average Bonchev–Trinajstić information content (AvgIpc) is 3.54. The number of carbonyl (C=O) groups is 2. The molecule has 1 aliphatic rings. The summed E-state index contributed by atoms with van der Waals surface area (Å²) in [5.41, 5.74) is 4.61. The van der Waals surface area contributed by atoms with Crippen molar-refractivity contribution < 1.29 is 14.3 Å². The molecule has 1 aliphatic carbocycles. The van der Waals surface area contributed by atoms with E-state index in [9.17, 15) is 9.59 Å². The number of carbonyl (C=O) groups excluding carboxylic acids is 2. The second-order valence-electron chi connectivity index (χ2n) is 10.8. The molecular formula is C30H36N6O3. The highest BCUT2D eigenvalue weighted by atomic mass is 16.5. The van der Waals surface area contributed by atoms with Gasteiger partial charge in [-0.3, -0.25) is 9.69 Å². The quantitative estimate of drug-likeness (QED) is 0.288. The summed E-state index contributed by atoms with van der Waals surface area (Å²) in [6, 6.07) is 9.55. The predicted molar refractivity (Wildman–Crippen MR) is 150 cm³/mol. The number of benzene rings is 1. The molecule has 5 rings (SSSR count). The van der Waals surface area contributed by atoms with Crippen molar-refractivity contribution >= 4 is 23.3 Å². The topological polar surface area (TPSA) is 94.6 Å². The fourth-order valence-corrected chi connectivity index (χ4v) is 5.23. The monoisotopic (exact) mass is 528 g/mol. The Kier molecular flexibility index (Phi) is 7.50. The maximum Gasteiger partial charge on any atom is 0.343 e.